The Morgan fingerprint density at radius 1 is 0.322 bits per heavy atom. The summed E-state index contributed by atoms with van der Waals surface area (Å²) in [4.78, 5) is 21.8. The van der Waals surface area contributed by atoms with Crippen LogP contribution >= 0.6 is 0 Å². The summed E-state index contributed by atoms with van der Waals surface area (Å²) in [6.45, 7) is 0. The fourth-order valence-corrected chi connectivity index (χ4v) is 9.37. The molecule has 0 unspecified atom stereocenters. The number of hydrogen-bond acceptors (Lipinski definition) is 4. The van der Waals surface area contributed by atoms with Crippen molar-refractivity contribution in [3.63, 3.8) is 0 Å². The summed E-state index contributed by atoms with van der Waals surface area (Å²) >= 11 is 0. The van der Waals surface area contributed by atoms with Crippen molar-refractivity contribution in [3.8, 4) is 51.2 Å². The minimum absolute atomic E-state index is 0.821. The minimum atomic E-state index is 0.821. The minimum Gasteiger partial charge on any atom is -0.327 e. The van der Waals surface area contributed by atoms with Crippen LogP contribution in [0.1, 0.15) is 0 Å². The van der Waals surface area contributed by atoms with Gasteiger partial charge in [-0.25, -0.2) is 19.9 Å². The van der Waals surface area contributed by atoms with Gasteiger partial charge in [0.25, 0.3) is 0 Å². The smallest absolute Gasteiger partial charge is 0.143 e. The van der Waals surface area contributed by atoms with Crippen LogP contribution in [0.2, 0.25) is 0 Å². The lowest BCUT2D eigenvalue weighted by Crippen LogP contribution is -2.10. The van der Waals surface area contributed by atoms with Crippen LogP contribution in [0.3, 0.4) is 0 Å². The Kier molecular flexibility index (Phi) is 6.99. The zero-order valence-electron chi connectivity index (χ0n) is 33.0. The van der Waals surface area contributed by atoms with Crippen molar-refractivity contribution in [1.82, 2.24) is 42.8 Å². The monoisotopic (exact) mass is 763 g/mol. The third-order valence-electron chi connectivity index (χ3n) is 12.2. The average molecular weight is 764 g/mol. The Labute approximate surface area is 338 Å². The summed E-state index contributed by atoms with van der Waals surface area (Å²) in [5.41, 5.74) is 14.7. The molecule has 0 amide bonds. The molecule has 0 aliphatic carbocycles. The van der Waals surface area contributed by atoms with Crippen molar-refractivity contribution in [3.05, 3.63) is 152 Å². The summed E-state index contributed by atoms with van der Waals surface area (Å²) in [7, 11) is 8.45. The van der Waals surface area contributed by atoms with Crippen LogP contribution in [-0.2, 0) is 28.2 Å². The van der Waals surface area contributed by atoms with Crippen LogP contribution < -0.4 is 0 Å². The van der Waals surface area contributed by atoms with Crippen LogP contribution in [0.15, 0.2) is 152 Å². The van der Waals surface area contributed by atoms with Crippen LogP contribution in [-0.4, -0.2) is 42.8 Å². The largest absolute Gasteiger partial charge is 0.327 e. The van der Waals surface area contributed by atoms with Crippen LogP contribution in [0.5, 0.6) is 0 Å². The van der Waals surface area contributed by atoms with E-state index in [4.69, 9.17) is 19.9 Å². The molecule has 0 spiro atoms. The Bertz CT molecular complexity index is 3450. The van der Waals surface area contributed by atoms with Gasteiger partial charge in [-0.05, 0) is 66.7 Å². The summed E-state index contributed by atoms with van der Waals surface area (Å²) in [5, 5.41) is 2.32. The quantitative estimate of drug-likeness (QED) is 0.175. The number of para-hydroxylation sites is 10. The first kappa shape index (κ1) is 33.4. The third-order valence-corrected chi connectivity index (χ3v) is 12.2. The molecule has 0 aliphatic rings. The molecule has 0 saturated heterocycles. The molecule has 0 bridgehead atoms. The van der Waals surface area contributed by atoms with Gasteiger partial charge in [-0.1, -0.05) is 84.9 Å². The zero-order valence-corrected chi connectivity index (χ0v) is 33.0. The Morgan fingerprint density at radius 3 is 0.966 bits per heavy atom. The van der Waals surface area contributed by atoms with Gasteiger partial charge in [0, 0.05) is 50.1 Å². The van der Waals surface area contributed by atoms with Gasteiger partial charge < -0.3 is 22.8 Å². The summed E-state index contributed by atoms with van der Waals surface area (Å²) in [6.07, 6.45) is 0. The molecule has 0 saturated carbocycles. The molecule has 5 heterocycles. The van der Waals surface area contributed by atoms with Gasteiger partial charge in [-0.2, -0.15) is 0 Å². The molecule has 59 heavy (non-hydrogen) atoms. The van der Waals surface area contributed by atoms with Crippen LogP contribution in [0, 0.1) is 0 Å². The van der Waals surface area contributed by atoms with Gasteiger partial charge in [-0.3, -0.25) is 0 Å². The zero-order chi connectivity index (χ0) is 39.5. The maximum Gasteiger partial charge on any atom is 0.143 e. The maximum absolute atomic E-state index is 5.50. The second kappa shape index (κ2) is 12.4. The number of nitrogens with zero attached hydrogens (tertiary/aromatic N) is 9. The van der Waals surface area contributed by atoms with Crippen LogP contribution in [0.4, 0.5) is 0 Å². The molecule has 9 nitrogen and oxygen atoms in total. The molecule has 0 N–H and O–H groups in total. The van der Waals surface area contributed by atoms with Crippen molar-refractivity contribution in [2.24, 2.45) is 28.2 Å². The van der Waals surface area contributed by atoms with Crippen molar-refractivity contribution in [2.45, 2.75) is 0 Å². The molecule has 282 valence electrons. The first-order chi connectivity index (χ1) is 29.0. The first-order valence-corrected chi connectivity index (χ1v) is 19.8. The Hall–Kier alpha value is -7.78. The molecule has 12 rings (SSSR count). The molecule has 0 atom stereocenters. The number of benzene rings is 7. The molecular formula is C50H37N9. The second-order valence-corrected chi connectivity index (χ2v) is 15.4. The number of aryl methyl sites for hydroxylation is 4. The molecule has 0 aliphatic heterocycles. The van der Waals surface area contributed by atoms with Gasteiger partial charge in [0.15, 0.2) is 0 Å². The second-order valence-electron chi connectivity index (χ2n) is 15.4. The Balaban J connectivity index is 1.39. The van der Waals surface area contributed by atoms with E-state index in [1.54, 1.807) is 0 Å². The van der Waals surface area contributed by atoms with Gasteiger partial charge in [0.2, 0.25) is 0 Å². The van der Waals surface area contributed by atoms with E-state index in [0.29, 0.717) is 0 Å². The number of imidazole rings is 4. The van der Waals surface area contributed by atoms with E-state index >= 15 is 0 Å². The lowest BCUT2D eigenvalue weighted by atomic mass is 9.92. The highest BCUT2D eigenvalue weighted by Crippen LogP contribution is 2.50. The molecule has 0 fully saturated rings. The summed E-state index contributed by atoms with van der Waals surface area (Å²) in [5.74, 6) is 3.29. The predicted molar refractivity (Wildman–Crippen MR) is 240 cm³/mol. The topological polar surface area (TPSA) is 76.2 Å². The van der Waals surface area contributed by atoms with E-state index in [0.717, 1.165) is 117 Å². The highest BCUT2D eigenvalue weighted by Gasteiger charge is 2.33. The van der Waals surface area contributed by atoms with Crippen molar-refractivity contribution < 1.29 is 0 Å². The van der Waals surface area contributed by atoms with Crippen molar-refractivity contribution >= 4 is 65.9 Å². The van der Waals surface area contributed by atoms with E-state index < -0.39 is 0 Å². The fourth-order valence-electron chi connectivity index (χ4n) is 9.37. The van der Waals surface area contributed by atoms with Gasteiger partial charge >= 0.3 is 0 Å². The molecule has 9 heteroatoms. The highest BCUT2D eigenvalue weighted by atomic mass is 15.1. The first-order valence-electron chi connectivity index (χ1n) is 19.8. The predicted octanol–water partition coefficient (Wildman–Crippen LogP) is 11.0. The number of fused-ring (bicyclic) bond motifs is 7. The molecule has 0 radical (unpaired) electrons. The number of rotatable bonds is 5. The van der Waals surface area contributed by atoms with Crippen LogP contribution in [0.25, 0.3) is 117 Å². The van der Waals surface area contributed by atoms with E-state index in [-0.39, 0.29) is 0 Å². The number of aromatic nitrogens is 9. The number of hydrogen-bond donors (Lipinski definition) is 0. The van der Waals surface area contributed by atoms with E-state index in [1.807, 2.05) is 0 Å². The molecule has 5 aromatic heterocycles. The molecular weight excluding hydrogens is 727 g/mol. The standard InChI is InChI=1S/C50H37N9/c1-55-40-25-13-7-19-34(40)51-47(55)32-29-33(48-52-35-20-8-14-26-41(35)56(48)2)45(50-54-37-22-10-16-28-43(37)58(50)4)46(44(32)49-53-36-21-9-15-27-42(36)57(49)3)59-38-23-11-5-17-30(38)31-18-6-12-24-39(31)59/h5-29H,1-4H3. The highest BCUT2D eigenvalue weighted by molar-refractivity contribution is 6.12. The van der Waals surface area contributed by atoms with Crippen molar-refractivity contribution in [2.75, 3.05) is 0 Å². The van der Waals surface area contributed by atoms with E-state index in [2.05, 4.69) is 203 Å². The summed E-state index contributed by atoms with van der Waals surface area (Å²) < 4.78 is 11.3. The van der Waals surface area contributed by atoms with Gasteiger partial charge in [-0.15, -0.1) is 0 Å². The molecule has 12 aromatic rings. The Morgan fingerprint density at radius 2 is 0.610 bits per heavy atom. The SMILES string of the molecule is Cn1c(-c2cc(-c3nc4ccccc4n3C)c(-c3nc4ccccc4n3C)c(-n3c4ccccc4c4ccccc43)c2-c2nc3ccccc3n2C)nc2ccccc21. The summed E-state index contributed by atoms with van der Waals surface area (Å²) in [6, 6.07) is 53.1. The normalized spacial score (nSPS) is 12.1. The van der Waals surface area contributed by atoms with E-state index in [9.17, 15) is 0 Å². The lowest BCUT2D eigenvalue weighted by Gasteiger charge is -2.24. The third kappa shape index (κ3) is 4.66. The average Bonchev–Trinajstić information content (AvgIpc) is 4.07. The van der Waals surface area contributed by atoms with E-state index in [1.165, 1.54) is 0 Å². The fraction of sp³-hybridized carbons (Fsp3) is 0.0800. The molecule has 7 aromatic carbocycles. The van der Waals surface area contributed by atoms with Crippen molar-refractivity contribution in [1.29, 1.82) is 0 Å². The van der Waals surface area contributed by atoms with Gasteiger partial charge in [0.05, 0.1) is 72.0 Å². The van der Waals surface area contributed by atoms with Gasteiger partial charge in [0.1, 0.15) is 23.3 Å². The maximum atomic E-state index is 5.50. The lowest BCUT2D eigenvalue weighted by molar-refractivity contribution is 0.935.